The fourth-order valence-corrected chi connectivity index (χ4v) is 3.96. The van der Waals surface area contributed by atoms with Gasteiger partial charge in [-0.3, -0.25) is 4.79 Å². The first-order valence-corrected chi connectivity index (χ1v) is 9.93. The van der Waals surface area contributed by atoms with Crippen molar-refractivity contribution in [2.75, 3.05) is 23.3 Å². The van der Waals surface area contributed by atoms with Crippen LogP contribution < -0.4 is 10.2 Å². The first kappa shape index (κ1) is 18.4. The molecule has 1 aliphatic rings. The number of aromatic nitrogens is 4. The fraction of sp³-hybridized carbons (Fsp3) is 0.429. The lowest BCUT2D eigenvalue weighted by Gasteiger charge is -2.30. The Bertz CT molecular complexity index is 990. The molecule has 1 amide bonds. The van der Waals surface area contributed by atoms with E-state index < -0.39 is 0 Å². The molecule has 146 valence electrons. The Labute approximate surface area is 164 Å². The van der Waals surface area contributed by atoms with Crippen LogP contribution in [0.25, 0.3) is 5.78 Å². The molecule has 4 rings (SSSR count). The number of fused-ring (bicyclic) bond motifs is 1. The van der Waals surface area contributed by atoms with Crippen LogP contribution in [0.15, 0.2) is 30.6 Å². The van der Waals surface area contributed by atoms with Crippen molar-refractivity contribution in [1.29, 1.82) is 0 Å². The Hall–Kier alpha value is -2.96. The van der Waals surface area contributed by atoms with E-state index in [1.165, 1.54) is 25.6 Å². The molecule has 0 atom stereocenters. The van der Waals surface area contributed by atoms with E-state index >= 15 is 0 Å². The second-order valence-corrected chi connectivity index (χ2v) is 7.35. The number of aryl methyl sites for hydroxylation is 2. The van der Waals surface area contributed by atoms with Crippen LogP contribution in [0.3, 0.4) is 0 Å². The molecule has 1 aliphatic heterocycles. The molecule has 0 bridgehead atoms. The number of anilines is 2. The summed E-state index contributed by atoms with van der Waals surface area (Å²) in [6, 6.07) is 8.09. The summed E-state index contributed by atoms with van der Waals surface area (Å²) in [4.78, 5) is 23.7. The maximum atomic E-state index is 12.7. The minimum atomic E-state index is 0.0157. The minimum absolute atomic E-state index is 0.0157. The van der Waals surface area contributed by atoms with E-state index in [1.807, 2.05) is 32.0 Å². The number of para-hydroxylation sites is 2. The van der Waals surface area contributed by atoms with Crippen molar-refractivity contribution in [3.8, 4) is 0 Å². The minimum Gasteiger partial charge on any atom is -0.370 e. The average Bonchev–Trinajstić information content (AvgIpc) is 3.17. The molecule has 3 heterocycles. The van der Waals surface area contributed by atoms with E-state index in [0.717, 1.165) is 41.4 Å². The van der Waals surface area contributed by atoms with Gasteiger partial charge in [0.05, 0.1) is 11.4 Å². The highest BCUT2D eigenvalue weighted by atomic mass is 16.1. The van der Waals surface area contributed by atoms with Crippen molar-refractivity contribution in [3.63, 3.8) is 0 Å². The van der Waals surface area contributed by atoms with Gasteiger partial charge in [0.15, 0.2) is 0 Å². The smallest absolute Gasteiger partial charge is 0.252 e. The molecule has 1 N–H and O–H groups in total. The molecule has 0 radical (unpaired) electrons. The number of carbonyl (C=O) groups excluding carboxylic acids is 1. The Kier molecular flexibility index (Phi) is 5.23. The number of hydrogen-bond acceptors (Lipinski definition) is 5. The molecule has 0 spiro atoms. The number of hydrogen-bond donors (Lipinski definition) is 1. The Morgan fingerprint density at radius 1 is 1.14 bits per heavy atom. The second-order valence-electron chi connectivity index (χ2n) is 7.35. The van der Waals surface area contributed by atoms with Crippen LogP contribution >= 0.6 is 0 Å². The van der Waals surface area contributed by atoms with E-state index in [9.17, 15) is 4.79 Å². The lowest BCUT2D eigenvalue weighted by atomic mass is 10.1. The summed E-state index contributed by atoms with van der Waals surface area (Å²) in [6.45, 7) is 6.06. The van der Waals surface area contributed by atoms with Crippen LogP contribution in [0.1, 0.15) is 42.6 Å². The van der Waals surface area contributed by atoms with E-state index in [1.54, 1.807) is 4.52 Å². The summed E-state index contributed by atoms with van der Waals surface area (Å²) < 4.78 is 1.73. The van der Waals surface area contributed by atoms with Gasteiger partial charge in [0.25, 0.3) is 5.78 Å². The third-order valence-electron chi connectivity index (χ3n) is 5.47. The first-order chi connectivity index (χ1) is 13.6. The standard InChI is InChI=1S/C21H26N6O/c1-15-17(16(2)27-21(24-15)22-14-23-27)10-11-20(28)25-18-8-4-5-9-19(18)26-12-6-3-7-13-26/h4-5,8-9,14H,3,6-7,10-13H2,1-2H3,(H,25,28). The summed E-state index contributed by atoms with van der Waals surface area (Å²) in [5.74, 6) is 0.612. The third-order valence-corrected chi connectivity index (χ3v) is 5.47. The Balaban J connectivity index is 1.46. The quantitative estimate of drug-likeness (QED) is 0.737. The lowest BCUT2D eigenvalue weighted by Crippen LogP contribution is -2.30. The molecule has 0 unspecified atom stereocenters. The molecule has 7 heteroatoms. The van der Waals surface area contributed by atoms with E-state index in [4.69, 9.17) is 0 Å². The summed E-state index contributed by atoms with van der Waals surface area (Å²) in [5, 5.41) is 7.33. The molecule has 2 aromatic heterocycles. The van der Waals surface area contributed by atoms with E-state index in [0.29, 0.717) is 18.6 Å². The number of nitrogens with zero attached hydrogens (tertiary/aromatic N) is 5. The van der Waals surface area contributed by atoms with Crippen LogP contribution in [-0.4, -0.2) is 38.6 Å². The maximum absolute atomic E-state index is 12.7. The topological polar surface area (TPSA) is 75.4 Å². The molecule has 0 aliphatic carbocycles. The van der Waals surface area contributed by atoms with Gasteiger partial charge in [-0.1, -0.05) is 12.1 Å². The van der Waals surface area contributed by atoms with Crippen LogP contribution in [0.4, 0.5) is 11.4 Å². The molecule has 7 nitrogen and oxygen atoms in total. The highest BCUT2D eigenvalue weighted by molar-refractivity contribution is 5.94. The van der Waals surface area contributed by atoms with Crippen LogP contribution in [0, 0.1) is 13.8 Å². The Morgan fingerprint density at radius 2 is 1.93 bits per heavy atom. The zero-order valence-corrected chi connectivity index (χ0v) is 16.5. The van der Waals surface area contributed by atoms with Crippen molar-refractivity contribution in [2.24, 2.45) is 0 Å². The van der Waals surface area contributed by atoms with Gasteiger partial charge in [0.1, 0.15) is 6.33 Å². The summed E-state index contributed by atoms with van der Waals surface area (Å²) in [6.07, 6.45) is 6.23. The molecular weight excluding hydrogens is 352 g/mol. The van der Waals surface area contributed by atoms with Gasteiger partial charge in [0, 0.05) is 30.9 Å². The van der Waals surface area contributed by atoms with Gasteiger partial charge in [-0.05, 0) is 57.2 Å². The van der Waals surface area contributed by atoms with Crippen molar-refractivity contribution in [1.82, 2.24) is 19.6 Å². The van der Waals surface area contributed by atoms with E-state index in [-0.39, 0.29) is 5.91 Å². The third kappa shape index (κ3) is 3.69. The van der Waals surface area contributed by atoms with Gasteiger partial charge in [0.2, 0.25) is 5.91 Å². The fourth-order valence-electron chi connectivity index (χ4n) is 3.96. The van der Waals surface area contributed by atoms with Gasteiger partial charge in [-0.25, -0.2) is 9.50 Å². The summed E-state index contributed by atoms with van der Waals surface area (Å²) in [5.41, 5.74) is 4.96. The number of benzene rings is 1. The first-order valence-electron chi connectivity index (χ1n) is 9.93. The lowest BCUT2D eigenvalue weighted by molar-refractivity contribution is -0.116. The van der Waals surface area contributed by atoms with Crippen molar-refractivity contribution in [3.05, 3.63) is 47.5 Å². The van der Waals surface area contributed by atoms with Gasteiger partial charge >= 0.3 is 0 Å². The van der Waals surface area contributed by atoms with E-state index in [2.05, 4.69) is 31.3 Å². The average molecular weight is 378 g/mol. The summed E-state index contributed by atoms with van der Waals surface area (Å²) in [7, 11) is 0. The number of rotatable bonds is 5. The molecule has 1 saturated heterocycles. The monoisotopic (exact) mass is 378 g/mol. The van der Waals surface area contributed by atoms with Gasteiger partial charge in [-0.2, -0.15) is 10.1 Å². The maximum Gasteiger partial charge on any atom is 0.252 e. The largest absolute Gasteiger partial charge is 0.370 e. The highest BCUT2D eigenvalue weighted by Gasteiger charge is 2.16. The van der Waals surface area contributed by atoms with Crippen molar-refractivity contribution in [2.45, 2.75) is 46.0 Å². The molecule has 0 saturated carbocycles. The molecule has 28 heavy (non-hydrogen) atoms. The second kappa shape index (κ2) is 7.96. The highest BCUT2D eigenvalue weighted by Crippen LogP contribution is 2.28. The van der Waals surface area contributed by atoms with Crippen molar-refractivity contribution >= 4 is 23.1 Å². The normalized spacial score (nSPS) is 14.4. The SMILES string of the molecule is Cc1nc2ncnn2c(C)c1CCC(=O)Nc1ccccc1N1CCCCC1. The van der Waals surface area contributed by atoms with Gasteiger partial charge < -0.3 is 10.2 Å². The summed E-state index contributed by atoms with van der Waals surface area (Å²) >= 11 is 0. The van der Waals surface area contributed by atoms with Crippen LogP contribution in [-0.2, 0) is 11.2 Å². The molecule has 3 aromatic rings. The zero-order chi connectivity index (χ0) is 19.5. The molecule has 1 fully saturated rings. The van der Waals surface area contributed by atoms with Crippen LogP contribution in [0.5, 0.6) is 0 Å². The van der Waals surface area contributed by atoms with Crippen molar-refractivity contribution < 1.29 is 4.79 Å². The van der Waals surface area contributed by atoms with Gasteiger partial charge in [-0.15, -0.1) is 0 Å². The number of amides is 1. The predicted octanol–water partition coefficient (Wildman–Crippen LogP) is 3.30. The molecular formula is C21H26N6O. The Morgan fingerprint density at radius 3 is 2.75 bits per heavy atom. The molecule has 1 aromatic carbocycles. The zero-order valence-electron chi connectivity index (χ0n) is 16.5. The number of piperidine rings is 1. The van der Waals surface area contributed by atoms with Crippen LogP contribution in [0.2, 0.25) is 0 Å². The number of carbonyl (C=O) groups is 1. The number of nitrogens with one attached hydrogen (secondary N) is 1. The predicted molar refractivity (Wildman–Crippen MR) is 110 cm³/mol.